The summed E-state index contributed by atoms with van der Waals surface area (Å²) in [4.78, 5) is 0. The Bertz CT molecular complexity index is 352. The van der Waals surface area contributed by atoms with E-state index in [0.717, 1.165) is 31.8 Å². The summed E-state index contributed by atoms with van der Waals surface area (Å²) in [6.07, 6.45) is 4.98. The number of aromatic nitrogens is 2. The summed E-state index contributed by atoms with van der Waals surface area (Å²) in [5.41, 5.74) is 2.63. The highest BCUT2D eigenvalue weighted by molar-refractivity contribution is 5.13. The van der Waals surface area contributed by atoms with Crippen LogP contribution in [0.2, 0.25) is 0 Å². The maximum Gasteiger partial charge on any atom is 0.0624 e. The summed E-state index contributed by atoms with van der Waals surface area (Å²) in [6.45, 7) is 8.61. The molecule has 0 radical (unpaired) electrons. The SMILES string of the molecule is CCNC(Cc1cc(CC)nn1CC)C1CC1. The number of hydrogen-bond donors (Lipinski definition) is 1. The summed E-state index contributed by atoms with van der Waals surface area (Å²) in [7, 11) is 0. The van der Waals surface area contributed by atoms with Gasteiger partial charge in [0.05, 0.1) is 5.69 Å². The van der Waals surface area contributed by atoms with Gasteiger partial charge in [0.1, 0.15) is 0 Å². The van der Waals surface area contributed by atoms with Gasteiger partial charge in [0.15, 0.2) is 0 Å². The minimum absolute atomic E-state index is 0.659. The van der Waals surface area contributed by atoms with Crippen LogP contribution in [-0.4, -0.2) is 22.4 Å². The molecule has 0 spiro atoms. The summed E-state index contributed by atoms with van der Waals surface area (Å²) < 4.78 is 2.17. The van der Waals surface area contributed by atoms with Crippen LogP contribution in [0.3, 0.4) is 0 Å². The van der Waals surface area contributed by atoms with Crippen LogP contribution in [0, 0.1) is 5.92 Å². The summed E-state index contributed by atoms with van der Waals surface area (Å²) in [5, 5.41) is 8.26. The van der Waals surface area contributed by atoms with Crippen molar-refractivity contribution < 1.29 is 0 Å². The van der Waals surface area contributed by atoms with E-state index in [-0.39, 0.29) is 0 Å². The van der Waals surface area contributed by atoms with E-state index in [1.54, 1.807) is 0 Å². The Morgan fingerprint density at radius 1 is 1.41 bits per heavy atom. The van der Waals surface area contributed by atoms with Crippen LogP contribution in [0.5, 0.6) is 0 Å². The van der Waals surface area contributed by atoms with E-state index in [1.165, 1.54) is 24.2 Å². The lowest BCUT2D eigenvalue weighted by molar-refractivity contribution is 0.454. The normalized spacial score (nSPS) is 17.4. The average Bonchev–Trinajstić information content (AvgIpc) is 3.10. The molecule has 1 saturated carbocycles. The number of nitrogens with one attached hydrogen (secondary N) is 1. The zero-order valence-electron chi connectivity index (χ0n) is 11.4. The molecule has 1 N–H and O–H groups in total. The number of likely N-dealkylation sites (N-methyl/N-ethyl adjacent to an activating group) is 1. The molecule has 96 valence electrons. The molecule has 0 amide bonds. The van der Waals surface area contributed by atoms with Gasteiger partial charge in [-0.3, -0.25) is 4.68 Å². The third-order valence-electron chi connectivity index (χ3n) is 3.66. The first kappa shape index (κ1) is 12.6. The molecule has 2 rings (SSSR count). The van der Waals surface area contributed by atoms with Crippen LogP contribution < -0.4 is 5.32 Å². The zero-order chi connectivity index (χ0) is 12.3. The standard InChI is InChI=1S/C14H25N3/c1-4-12-9-13(17(6-3)16-12)10-14(15-5-2)11-7-8-11/h9,11,14-15H,4-8,10H2,1-3H3. The first-order valence-electron chi connectivity index (χ1n) is 7.07. The van der Waals surface area contributed by atoms with Crippen LogP contribution in [-0.2, 0) is 19.4 Å². The Balaban J connectivity index is 2.06. The second-order valence-corrected chi connectivity index (χ2v) is 5.00. The van der Waals surface area contributed by atoms with Crippen molar-refractivity contribution in [3.63, 3.8) is 0 Å². The van der Waals surface area contributed by atoms with Crippen molar-refractivity contribution in [1.29, 1.82) is 0 Å². The largest absolute Gasteiger partial charge is 0.314 e. The molecular weight excluding hydrogens is 210 g/mol. The molecule has 1 atom stereocenters. The van der Waals surface area contributed by atoms with Crippen molar-refractivity contribution in [1.82, 2.24) is 15.1 Å². The first-order valence-corrected chi connectivity index (χ1v) is 7.07. The molecule has 1 aromatic rings. The van der Waals surface area contributed by atoms with Gasteiger partial charge in [-0.15, -0.1) is 0 Å². The molecule has 0 saturated heterocycles. The molecule has 1 unspecified atom stereocenters. The van der Waals surface area contributed by atoms with Gasteiger partial charge >= 0.3 is 0 Å². The van der Waals surface area contributed by atoms with Gasteiger partial charge < -0.3 is 5.32 Å². The predicted molar refractivity (Wildman–Crippen MR) is 71.2 cm³/mol. The van der Waals surface area contributed by atoms with Gasteiger partial charge in [-0.1, -0.05) is 13.8 Å². The first-order chi connectivity index (χ1) is 8.28. The Labute approximate surface area is 105 Å². The van der Waals surface area contributed by atoms with Gasteiger partial charge in [-0.05, 0) is 44.7 Å². The molecule has 1 aliphatic rings. The monoisotopic (exact) mass is 235 g/mol. The third kappa shape index (κ3) is 3.09. The van der Waals surface area contributed by atoms with E-state index in [2.05, 4.69) is 41.9 Å². The van der Waals surface area contributed by atoms with Crippen molar-refractivity contribution in [2.24, 2.45) is 5.92 Å². The number of rotatable bonds is 7. The molecule has 0 bridgehead atoms. The van der Waals surface area contributed by atoms with Gasteiger partial charge in [-0.25, -0.2) is 0 Å². The highest BCUT2D eigenvalue weighted by Gasteiger charge is 2.31. The Morgan fingerprint density at radius 3 is 2.71 bits per heavy atom. The highest BCUT2D eigenvalue weighted by Crippen LogP contribution is 2.34. The lowest BCUT2D eigenvalue weighted by Gasteiger charge is -2.17. The minimum atomic E-state index is 0.659. The lowest BCUT2D eigenvalue weighted by atomic mass is 10.1. The van der Waals surface area contributed by atoms with Crippen LogP contribution in [0.4, 0.5) is 0 Å². The molecule has 3 nitrogen and oxygen atoms in total. The van der Waals surface area contributed by atoms with Gasteiger partial charge in [0, 0.05) is 24.7 Å². The summed E-state index contributed by atoms with van der Waals surface area (Å²) in [5.74, 6) is 0.903. The second-order valence-electron chi connectivity index (χ2n) is 5.00. The predicted octanol–water partition coefficient (Wildman–Crippen LogP) is 2.40. The van der Waals surface area contributed by atoms with Gasteiger partial charge in [0.25, 0.3) is 0 Å². The van der Waals surface area contributed by atoms with E-state index < -0.39 is 0 Å². The maximum atomic E-state index is 4.63. The topological polar surface area (TPSA) is 29.9 Å². The van der Waals surface area contributed by atoms with Crippen LogP contribution in [0.25, 0.3) is 0 Å². The number of hydrogen-bond acceptors (Lipinski definition) is 2. The van der Waals surface area contributed by atoms with Crippen LogP contribution in [0.15, 0.2) is 6.07 Å². The molecule has 1 heterocycles. The molecular formula is C14H25N3. The van der Waals surface area contributed by atoms with Crippen LogP contribution >= 0.6 is 0 Å². The van der Waals surface area contributed by atoms with Gasteiger partial charge in [0.2, 0.25) is 0 Å². The minimum Gasteiger partial charge on any atom is -0.314 e. The molecule has 0 aromatic carbocycles. The Morgan fingerprint density at radius 2 is 2.18 bits per heavy atom. The summed E-state index contributed by atoms with van der Waals surface area (Å²) in [6, 6.07) is 2.95. The fourth-order valence-electron chi connectivity index (χ4n) is 2.52. The smallest absolute Gasteiger partial charge is 0.0624 e. The average molecular weight is 235 g/mol. The molecule has 0 aliphatic heterocycles. The van der Waals surface area contributed by atoms with Gasteiger partial charge in [-0.2, -0.15) is 5.10 Å². The van der Waals surface area contributed by atoms with E-state index in [4.69, 9.17) is 0 Å². The van der Waals surface area contributed by atoms with Crippen molar-refractivity contribution in [3.8, 4) is 0 Å². The number of aryl methyl sites for hydroxylation is 2. The molecule has 1 fully saturated rings. The lowest BCUT2D eigenvalue weighted by Crippen LogP contribution is -2.33. The van der Waals surface area contributed by atoms with E-state index >= 15 is 0 Å². The molecule has 1 aliphatic carbocycles. The third-order valence-corrected chi connectivity index (χ3v) is 3.66. The highest BCUT2D eigenvalue weighted by atomic mass is 15.3. The second kappa shape index (κ2) is 5.67. The zero-order valence-corrected chi connectivity index (χ0v) is 11.4. The quantitative estimate of drug-likeness (QED) is 0.786. The van der Waals surface area contributed by atoms with Crippen molar-refractivity contribution >= 4 is 0 Å². The van der Waals surface area contributed by atoms with Crippen molar-refractivity contribution in [3.05, 3.63) is 17.5 Å². The molecule has 3 heteroatoms. The Hall–Kier alpha value is -0.830. The fourth-order valence-corrected chi connectivity index (χ4v) is 2.52. The molecule has 17 heavy (non-hydrogen) atoms. The van der Waals surface area contributed by atoms with E-state index in [1.807, 2.05) is 0 Å². The molecule has 1 aromatic heterocycles. The maximum absolute atomic E-state index is 4.63. The van der Waals surface area contributed by atoms with E-state index in [9.17, 15) is 0 Å². The number of nitrogens with zero attached hydrogens (tertiary/aromatic N) is 2. The van der Waals surface area contributed by atoms with Crippen LogP contribution in [0.1, 0.15) is 45.0 Å². The van der Waals surface area contributed by atoms with Crippen molar-refractivity contribution in [2.45, 2.75) is 59.0 Å². The summed E-state index contributed by atoms with van der Waals surface area (Å²) >= 11 is 0. The Kier molecular flexibility index (Phi) is 4.21. The van der Waals surface area contributed by atoms with Crippen molar-refractivity contribution in [2.75, 3.05) is 6.54 Å². The van der Waals surface area contributed by atoms with E-state index in [0.29, 0.717) is 6.04 Å². The fraction of sp³-hybridized carbons (Fsp3) is 0.786.